The molecule has 6 heteroatoms. The number of rotatable bonds is 6. The molecule has 0 saturated heterocycles. The first-order chi connectivity index (χ1) is 14.0. The van der Waals surface area contributed by atoms with Gasteiger partial charge in [-0.3, -0.25) is 10.1 Å². The highest BCUT2D eigenvalue weighted by Gasteiger charge is 2.15. The summed E-state index contributed by atoms with van der Waals surface area (Å²) in [5.74, 6) is 0.306. The maximum atomic E-state index is 12.4. The summed E-state index contributed by atoms with van der Waals surface area (Å²) in [6.07, 6.45) is -1.28. The molecule has 0 radical (unpaired) electrons. The lowest BCUT2D eigenvalue weighted by Crippen LogP contribution is -2.30. The molecular weight excluding hydrogens is 368 g/mol. The van der Waals surface area contributed by atoms with Gasteiger partial charge in [0.15, 0.2) is 6.10 Å². The van der Waals surface area contributed by atoms with Crippen LogP contribution in [-0.2, 0) is 9.53 Å². The molecule has 0 heterocycles. The zero-order chi connectivity index (χ0) is 20.6. The predicted molar refractivity (Wildman–Crippen MR) is 113 cm³/mol. The molecule has 0 saturated carbocycles. The molecule has 148 valence electrons. The smallest absolute Gasteiger partial charge is 0.411 e. The average molecular weight is 390 g/mol. The van der Waals surface area contributed by atoms with Crippen molar-refractivity contribution in [1.29, 1.82) is 0 Å². The van der Waals surface area contributed by atoms with Crippen LogP contribution in [0.15, 0.2) is 78.9 Å². The summed E-state index contributed by atoms with van der Waals surface area (Å²) < 4.78 is 10.3. The lowest BCUT2D eigenvalue weighted by molar-refractivity contribution is -0.122. The molecule has 0 aromatic heterocycles. The van der Waals surface area contributed by atoms with Crippen LogP contribution in [0.2, 0.25) is 0 Å². The third kappa shape index (κ3) is 5.59. The SMILES string of the molecule is COC(=O)Nc1cccc(NC(=O)C(C)Oc2ccc(-c3ccccc3)cc2)c1. The van der Waals surface area contributed by atoms with Gasteiger partial charge in [0.2, 0.25) is 0 Å². The van der Waals surface area contributed by atoms with Gasteiger partial charge < -0.3 is 14.8 Å². The lowest BCUT2D eigenvalue weighted by Gasteiger charge is -2.15. The van der Waals surface area contributed by atoms with Crippen LogP contribution >= 0.6 is 0 Å². The number of amides is 2. The standard InChI is InChI=1S/C23H22N2O4/c1-16(22(26)24-19-9-6-10-20(15-19)25-23(27)28-2)29-21-13-11-18(12-14-21)17-7-4-3-5-8-17/h3-16H,1-2H3,(H,24,26)(H,25,27). The van der Waals surface area contributed by atoms with E-state index in [1.54, 1.807) is 31.2 Å². The zero-order valence-electron chi connectivity index (χ0n) is 16.2. The maximum Gasteiger partial charge on any atom is 0.411 e. The molecule has 1 unspecified atom stereocenters. The van der Waals surface area contributed by atoms with Gasteiger partial charge >= 0.3 is 6.09 Å². The summed E-state index contributed by atoms with van der Waals surface area (Å²) >= 11 is 0. The molecule has 2 amide bonds. The third-order valence-corrected chi connectivity index (χ3v) is 4.21. The van der Waals surface area contributed by atoms with Gasteiger partial charge in [-0.15, -0.1) is 0 Å². The molecule has 0 fully saturated rings. The number of hydrogen-bond donors (Lipinski definition) is 2. The summed E-state index contributed by atoms with van der Waals surface area (Å²) in [7, 11) is 1.28. The molecule has 0 aliphatic rings. The van der Waals surface area contributed by atoms with E-state index in [4.69, 9.17) is 4.74 Å². The summed E-state index contributed by atoms with van der Waals surface area (Å²) in [5, 5.41) is 5.32. The van der Waals surface area contributed by atoms with Crippen LogP contribution in [0, 0.1) is 0 Å². The second-order valence-electron chi connectivity index (χ2n) is 6.34. The van der Waals surface area contributed by atoms with Gasteiger partial charge in [-0.25, -0.2) is 4.79 Å². The van der Waals surface area contributed by atoms with Crippen LogP contribution in [0.3, 0.4) is 0 Å². The highest BCUT2D eigenvalue weighted by molar-refractivity contribution is 5.95. The first kappa shape index (κ1) is 19.9. The van der Waals surface area contributed by atoms with Crippen LogP contribution in [0.25, 0.3) is 11.1 Å². The number of ether oxygens (including phenoxy) is 2. The van der Waals surface area contributed by atoms with Gasteiger partial charge in [0.1, 0.15) is 5.75 Å². The fraction of sp³-hybridized carbons (Fsp3) is 0.130. The Hall–Kier alpha value is -3.80. The Morgan fingerprint density at radius 1 is 0.793 bits per heavy atom. The summed E-state index contributed by atoms with van der Waals surface area (Å²) in [5.41, 5.74) is 3.24. The van der Waals surface area contributed by atoms with Gasteiger partial charge in [0.25, 0.3) is 5.91 Å². The molecule has 0 aliphatic heterocycles. The molecular formula is C23H22N2O4. The second kappa shape index (κ2) is 9.41. The van der Waals surface area contributed by atoms with Crippen LogP contribution in [0.4, 0.5) is 16.2 Å². The van der Waals surface area contributed by atoms with Crippen molar-refractivity contribution in [2.45, 2.75) is 13.0 Å². The average Bonchev–Trinajstić information content (AvgIpc) is 2.75. The Morgan fingerprint density at radius 3 is 2.07 bits per heavy atom. The van der Waals surface area contributed by atoms with E-state index in [2.05, 4.69) is 15.4 Å². The van der Waals surface area contributed by atoms with Crippen molar-refractivity contribution in [1.82, 2.24) is 0 Å². The van der Waals surface area contributed by atoms with E-state index in [-0.39, 0.29) is 5.91 Å². The fourth-order valence-electron chi connectivity index (χ4n) is 2.70. The van der Waals surface area contributed by atoms with Crippen LogP contribution < -0.4 is 15.4 Å². The van der Waals surface area contributed by atoms with Crippen LogP contribution in [0.5, 0.6) is 5.75 Å². The number of hydrogen-bond acceptors (Lipinski definition) is 4. The van der Waals surface area contributed by atoms with E-state index in [1.165, 1.54) is 7.11 Å². The van der Waals surface area contributed by atoms with Gasteiger partial charge in [-0.1, -0.05) is 48.5 Å². The predicted octanol–water partition coefficient (Wildman–Crippen LogP) is 4.94. The van der Waals surface area contributed by atoms with Crippen molar-refractivity contribution in [3.8, 4) is 16.9 Å². The first-order valence-corrected chi connectivity index (χ1v) is 9.13. The van der Waals surface area contributed by atoms with E-state index in [9.17, 15) is 9.59 Å². The second-order valence-corrected chi connectivity index (χ2v) is 6.34. The van der Waals surface area contributed by atoms with Crippen molar-refractivity contribution >= 4 is 23.4 Å². The molecule has 0 aliphatic carbocycles. The number of carbonyl (C=O) groups is 2. The Kier molecular flexibility index (Phi) is 6.47. The van der Waals surface area contributed by atoms with E-state index < -0.39 is 12.2 Å². The topological polar surface area (TPSA) is 76.7 Å². The molecule has 6 nitrogen and oxygen atoms in total. The minimum Gasteiger partial charge on any atom is -0.481 e. The molecule has 0 spiro atoms. The Morgan fingerprint density at radius 2 is 1.41 bits per heavy atom. The number of methoxy groups -OCH3 is 1. The van der Waals surface area contributed by atoms with Gasteiger partial charge in [0, 0.05) is 11.4 Å². The Balaban J connectivity index is 1.59. The molecule has 3 aromatic carbocycles. The summed E-state index contributed by atoms with van der Waals surface area (Å²) in [4.78, 5) is 23.7. The number of carbonyl (C=O) groups excluding carboxylic acids is 2. The number of nitrogens with one attached hydrogen (secondary N) is 2. The molecule has 1 atom stereocenters. The minimum absolute atomic E-state index is 0.299. The van der Waals surface area contributed by atoms with Gasteiger partial charge in [-0.2, -0.15) is 0 Å². The van der Waals surface area contributed by atoms with E-state index in [1.807, 2.05) is 54.6 Å². The quantitative estimate of drug-likeness (QED) is 0.625. The fourth-order valence-corrected chi connectivity index (χ4v) is 2.70. The third-order valence-electron chi connectivity index (χ3n) is 4.21. The molecule has 29 heavy (non-hydrogen) atoms. The van der Waals surface area contributed by atoms with Gasteiger partial charge in [-0.05, 0) is 48.4 Å². The number of anilines is 2. The summed E-state index contributed by atoms with van der Waals surface area (Å²) in [6, 6.07) is 24.4. The van der Waals surface area contributed by atoms with E-state index in [0.29, 0.717) is 17.1 Å². The van der Waals surface area contributed by atoms with Crippen molar-refractivity contribution in [3.63, 3.8) is 0 Å². The van der Waals surface area contributed by atoms with Crippen molar-refractivity contribution < 1.29 is 19.1 Å². The minimum atomic E-state index is -0.699. The monoisotopic (exact) mass is 390 g/mol. The molecule has 3 aromatic rings. The van der Waals surface area contributed by atoms with Gasteiger partial charge in [0.05, 0.1) is 7.11 Å². The normalized spacial score (nSPS) is 11.2. The molecule has 3 rings (SSSR count). The Labute approximate surface area is 169 Å². The maximum absolute atomic E-state index is 12.4. The largest absolute Gasteiger partial charge is 0.481 e. The first-order valence-electron chi connectivity index (χ1n) is 9.13. The van der Waals surface area contributed by atoms with Crippen LogP contribution in [-0.4, -0.2) is 25.2 Å². The highest BCUT2D eigenvalue weighted by atomic mass is 16.5. The zero-order valence-corrected chi connectivity index (χ0v) is 16.2. The van der Waals surface area contributed by atoms with Crippen molar-refractivity contribution in [2.24, 2.45) is 0 Å². The number of benzene rings is 3. The highest BCUT2D eigenvalue weighted by Crippen LogP contribution is 2.23. The lowest BCUT2D eigenvalue weighted by atomic mass is 10.1. The Bertz CT molecular complexity index is 972. The summed E-state index contributed by atoms with van der Waals surface area (Å²) in [6.45, 7) is 1.68. The van der Waals surface area contributed by atoms with E-state index in [0.717, 1.165) is 11.1 Å². The van der Waals surface area contributed by atoms with E-state index >= 15 is 0 Å². The molecule has 0 bridgehead atoms. The van der Waals surface area contributed by atoms with Crippen molar-refractivity contribution in [3.05, 3.63) is 78.9 Å². The van der Waals surface area contributed by atoms with Crippen molar-refractivity contribution in [2.75, 3.05) is 17.7 Å². The van der Waals surface area contributed by atoms with Crippen LogP contribution in [0.1, 0.15) is 6.92 Å². The molecule has 2 N–H and O–H groups in total.